The lowest BCUT2D eigenvalue weighted by Gasteiger charge is -2.11. The molecule has 0 amide bonds. The number of hydrogen-bond acceptors (Lipinski definition) is 2. The maximum absolute atomic E-state index is 12.5. The van der Waals surface area contributed by atoms with Gasteiger partial charge in [-0.3, -0.25) is 9.36 Å². The second kappa shape index (κ2) is 4.93. The number of fused-ring (bicyclic) bond motifs is 1. The van der Waals surface area contributed by atoms with E-state index in [1.165, 1.54) is 0 Å². The summed E-state index contributed by atoms with van der Waals surface area (Å²) < 4.78 is 1.62. The molecule has 3 nitrogen and oxygen atoms in total. The molecule has 0 saturated heterocycles. The Kier molecular flexibility index (Phi) is 3.11. The molecule has 3 rings (SSSR count). The Hall–Kier alpha value is -2.42. The SMILES string of the molecule is CCc1cccc2c(=O)n(C)c(-c3ccccc3)nc12. The smallest absolute Gasteiger partial charge is 0.261 e. The first-order valence-electron chi connectivity index (χ1n) is 6.76. The van der Waals surface area contributed by atoms with Crippen LogP contribution in [-0.2, 0) is 13.5 Å². The molecule has 100 valence electrons. The molecule has 20 heavy (non-hydrogen) atoms. The van der Waals surface area contributed by atoms with Crippen LogP contribution in [0.4, 0.5) is 0 Å². The van der Waals surface area contributed by atoms with Crippen molar-refractivity contribution in [2.45, 2.75) is 13.3 Å². The minimum atomic E-state index is 0.00385. The Morgan fingerprint density at radius 2 is 1.80 bits per heavy atom. The number of para-hydroxylation sites is 1. The summed E-state index contributed by atoms with van der Waals surface area (Å²) in [5.41, 5.74) is 2.89. The molecule has 0 bridgehead atoms. The van der Waals surface area contributed by atoms with Gasteiger partial charge in [-0.1, -0.05) is 49.4 Å². The van der Waals surface area contributed by atoms with Gasteiger partial charge in [-0.15, -0.1) is 0 Å². The number of rotatable bonds is 2. The summed E-state index contributed by atoms with van der Waals surface area (Å²) >= 11 is 0. The number of benzene rings is 2. The van der Waals surface area contributed by atoms with Crippen molar-refractivity contribution in [3.05, 3.63) is 64.4 Å². The van der Waals surface area contributed by atoms with Crippen LogP contribution in [0.25, 0.3) is 22.3 Å². The van der Waals surface area contributed by atoms with Crippen LogP contribution in [0.15, 0.2) is 53.3 Å². The fourth-order valence-corrected chi connectivity index (χ4v) is 2.48. The largest absolute Gasteiger partial charge is 0.295 e. The lowest BCUT2D eigenvalue weighted by atomic mass is 10.1. The van der Waals surface area contributed by atoms with Crippen molar-refractivity contribution < 1.29 is 0 Å². The highest BCUT2D eigenvalue weighted by Crippen LogP contribution is 2.20. The van der Waals surface area contributed by atoms with Crippen molar-refractivity contribution in [2.75, 3.05) is 0 Å². The highest BCUT2D eigenvalue weighted by molar-refractivity contribution is 5.82. The number of aromatic nitrogens is 2. The molecule has 3 heteroatoms. The molecular formula is C17H16N2O. The molecule has 0 saturated carbocycles. The zero-order chi connectivity index (χ0) is 14.1. The lowest BCUT2D eigenvalue weighted by molar-refractivity contribution is 0.854. The van der Waals surface area contributed by atoms with Crippen LogP contribution in [-0.4, -0.2) is 9.55 Å². The minimum Gasteiger partial charge on any atom is -0.295 e. The predicted molar refractivity (Wildman–Crippen MR) is 81.8 cm³/mol. The Morgan fingerprint density at radius 1 is 1.05 bits per heavy atom. The van der Waals surface area contributed by atoms with E-state index in [4.69, 9.17) is 4.98 Å². The van der Waals surface area contributed by atoms with E-state index >= 15 is 0 Å². The highest BCUT2D eigenvalue weighted by Gasteiger charge is 2.11. The van der Waals surface area contributed by atoms with E-state index in [1.807, 2.05) is 48.5 Å². The molecule has 0 aliphatic heterocycles. The summed E-state index contributed by atoms with van der Waals surface area (Å²) in [6.07, 6.45) is 0.867. The zero-order valence-corrected chi connectivity index (χ0v) is 11.6. The van der Waals surface area contributed by atoms with Crippen molar-refractivity contribution in [1.82, 2.24) is 9.55 Å². The minimum absolute atomic E-state index is 0.00385. The first kappa shape index (κ1) is 12.6. The summed E-state index contributed by atoms with van der Waals surface area (Å²) in [6, 6.07) is 15.6. The molecular weight excluding hydrogens is 248 g/mol. The predicted octanol–water partition coefficient (Wildman–Crippen LogP) is 3.16. The van der Waals surface area contributed by atoms with Gasteiger partial charge in [0.1, 0.15) is 5.82 Å². The Labute approximate surface area is 117 Å². The molecule has 3 aromatic rings. The lowest BCUT2D eigenvalue weighted by Crippen LogP contribution is -2.20. The van der Waals surface area contributed by atoms with Crippen molar-refractivity contribution >= 4 is 10.9 Å². The quantitative estimate of drug-likeness (QED) is 0.712. The monoisotopic (exact) mass is 264 g/mol. The maximum Gasteiger partial charge on any atom is 0.261 e. The molecule has 2 aromatic carbocycles. The maximum atomic E-state index is 12.5. The molecule has 0 fully saturated rings. The van der Waals surface area contributed by atoms with Crippen LogP contribution in [0.3, 0.4) is 0 Å². The third-order valence-corrected chi connectivity index (χ3v) is 3.60. The van der Waals surface area contributed by atoms with Gasteiger partial charge in [0, 0.05) is 12.6 Å². The molecule has 0 atom stereocenters. The molecule has 0 N–H and O–H groups in total. The van der Waals surface area contributed by atoms with E-state index in [0.717, 1.165) is 23.1 Å². The third kappa shape index (κ3) is 1.92. The van der Waals surface area contributed by atoms with E-state index in [1.54, 1.807) is 11.6 Å². The first-order chi connectivity index (χ1) is 9.72. The Balaban J connectivity index is 2.40. The van der Waals surface area contributed by atoms with Crippen LogP contribution in [0.5, 0.6) is 0 Å². The van der Waals surface area contributed by atoms with Crippen molar-refractivity contribution in [3.63, 3.8) is 0 Å². The summed E-state index contributed by atoms with van der Waals surface area (Å²) in [5, 5.41) is 0.687. The third-order valence-electron chi connectivity index (χ3n) is 3.60. The van der Waals surface area contributed by atoms with Crippen LogP contribution in [0.2, 0.25) is 0 Å². The van der Waals surface area contributed by atoms with Gasteiger partial charge in [-0.25, -0.2) is 4.98 Å². The highest BCUT2D eigenvalue weighted by atomic mass is 16.1. The van der Waals surface area contributed by atoms with Gasteiger partial charge in [0.25, 0.3) is 5.56 Å². The van der Waals surface area contributed by atoms with Gasteiger partial charge >= 0.3 is 0 Å². The Morgan fingerprint density at radius 3 is 2.50 bits per heavy atom. The van der Waals surface area contributed by atoms with Crippen LogP contribution in [0.1, 0.15) is 12.5 Å². The average molecular weight is 264 g/mol. The molecule has 0 aliphatic rings. The summed E-state index contributed by atoms with van der Waals surface area (Å²) in [7, 11) is 1.77. The van der Waals surface area contributed by atoms with Gasteiger partial charge in [0.2, 0.25) is 0 Å². The van der Waals surface area contributed by atoms with Gasteiger partial charge in [0.15, 0.2) is 0 Å². The second-order valence-electron chi connectivity index (χ2n) is 4.83. The molecule has 0 aliphatic carbocycles. The molecule has 0 radical (unpaired) electrons. The van der Waals surface area contributed by atoms with Crippen molar-refractivity contribution in [3.8, 4) is 11.4 Å². The zero-order valence-electron chi connectivity index (χ0n) is 11.6. The van der Waals surface area contributed by atoms with Gasteiger partial charge < -0.3 is 0 Å². The summed E-state index contributed by atoms with van der Waals surface area (Å²) in [4.78, 5) is 17.3. The van der Waals surface area contributed by atoms with Gasteiger partial charge in [0.05, 0.1) is 10.9 Å². The average Bonchev–Trinajstić information content (AvgIpc) is 2.51. The first-order valence-corrected chi connectivity index (χ1v) is 6.76. The van der Waals surface area contributed by atoms with Crippen LogP contribution >= 0.6 is 0 Å². The van der Waals surface area contributed by atoms with Gasteiger partial charge in [-0.05, 0) is 18.1 Å². The molecule has 1 heterocycles. The number of aryl methyl sites for hydroxylation is 1. The van der Waals surface area contributed by atoms with E-state index in [-0.39, 0.29) is 5.56 Å². The van der Waals surface area contributed by atoms with Gasteiger partial charge in [-0.2, -0.15) is 0 Å². The summed E-state index contributed by atoms with van der Waals surface area (Å²) in [5.74, 6) is 0.712. The van der Waals surface area contributed by atoms with Crippen LogP contribution in [0, 0.1) is 0 Å². The van der Waals surface area contributed by atoms with E-state index in [9.17, 15) is 4.79 Å². The topological polar surface area (TPSA) is 34.9 Å². The van der Waals surface area contributed by atoms with Crippen molar-refractivity contribution in [1.29, 1.82) is 0 Å². The molecule has 1 aromatic heterocycles. The summed E-state index contributed by atoms with van der Waals surface area (Å²) in [6.45, 7) is 2.08. The standard InChI is InChI=1S/C17H16N2O/c1-3-12-10-7-11-14-15(12)18-16(19(2)17(14)20)13-8-5-4-6-9-13/h4-11H,3H2,1-2H3. The normalized spacial score (nSPS) is 10.9. The van der Waals surface area contributed by atoms with E-state index in [2.05, 4.69) is 6.92 Å². The number of nitrogens with zero attached hydrogens (tertiary/aromatic N) is 2. The number of hydrogen-bond donors (Lipinski definition) is 0. The molecule has 0 spiro atoms. The second-order valence-corrected chi connectivity index (χ2v) is 4.83. The molecule has 0 unspecified atom stereocenters. The van der Waals surface area contributed by atoms with E-state index in [0.29, 0.717) is 11.2 Å². The van der Waals surface area contributed by atoms with Crippen molar-refractivity contribution in [2.24, 2.45) is 7.05 Å². The Bertz CT molecular complexity index is 820. The van der Waals surface area contributed by atoms with E-state index < -0.39 is 0 Å². The van der Waals surface area contributed by atoms with Crippen LogP contribution < -0.4 is 5.56 Å². The fraction of sp³-hybridized carbons (Fsp3) is 0.176. The fourth-order valence-electron chi connectivity index (χ4n) is 2.48.